The Morgan fingerprint density at radius 2 is 2.17 bits per heavy atom. The quantitative estimate of drug-likeness (QED) is 0.421. The number of hydrogen-bond acceptors (Lipinski definition) is 7. The van der Waals surface area contributed by atoms with E-state index in [1.807, 2.05) is 7.05 Å². The monoisotopic (exact) mass is 375 g/mol. The molecule has 9 nitrogen and oxygen atoms in total. The van der Waals surface area contributed by atoms with Crippen LogP contribution in [0.2, 0.25) is 0 Å². The Labute approximate surface area is 148 Å². The van der Waals surface area contributed by atoms with Crippen LogP contribution in [0.25, 0.3) is 0 Å². The predicted molar refractivity (Wildman–Crippen MR) is 88.9 cm³/mol. The molecular weight excluding hydrogens is 358 g/mol. The lowest BCUT2D eigenvalue weighted by molar-refractivity contribution is -0.137. The number of aromatic nitrogens is 1. The summed E-state index contributed by atoms with van der Waals surface area (Å²) in [6.45, 7) is 1.41. The lowest BCUT2D eigenvalue weighted by atomic mass is 10.2. The molecule has 1 aromatic rings. The molecule has 4 N–H and O–H groups in total. The van der Waals surface area contributed by atoms with Crippen molar-refractivity contribution in [3.8, 4) is 0 Å². The SMILES string of the molecule is CN1CCc2nc(C(=O)NC(C=O)CNC(=O)C(N)=O)sc2C1.Cl. The fraction of sp³-hybridized carbons (Fsp3) is 0.462. The van der Waals surface area contributed by atoms with Gasteiger partial charge in [0.15, 0.2) is 5.01 Å². The molecule has 1 unspecified atom stereocenters. The third-order valence-corrected chi connectivity index (χ3v) is 4.38. The molecule has 11 heteroatoms. The molecular formula is C13H18ClN5O4S. The number of primary amides is 1. The molecule has 24 heavy (non-hydrogen) atoms. The van der Waals surface area contributed by atoms with Crippen molar-refractivity contribution in [3.05, 3.63) is 15.6 Å². The van der Waals surface area contributed by atoms with Gasteiger partial charge < -0.3 is 26.1 Å². The molecule has 2 heterocycles. The van der Waals surface area contributed by atoms with E-state index < -0.39 is 23.8 Å². The van der Waals surface area contributed by atoms with Gasteiger partial charge in [0.1, 0.15) is 12.3 Å². The molecule has 0 saturated heterocycles. The largest absolute Gasteiger partial charge is 0.361 e. The van der Waals surface area contributed by atoms with Crippen LogP contribution >= 0.6 is 23.7 Å². The highest BCUT2D eigenvalue weighted by molar-refractivity contribution is 7.13. The van der Waals surface area contributed by atoms with E-state index in [-0.39, 0.29) is 24.0 Å². The minimum Gasteiger partial charge on any atom is -0.361 e. The fourth-order valence-corrected chi connectivity index (χ4v) is 3.16. The summed E-state index contributed by atoms with van der Waals surface area (Å²) in [5.41, 5.74) is 5.69. The number of fused-ring (bicyclic) bond motifs is 1. The van der Waals surface area contributed by atoms with Crippen molar-refractivity contribution in [1.29, 1.82) is 0 Å². The zero-order chi connectivity index (χ0) is 17.0. The molecule has 0 saturated carbocycles. The second-order valence-corrected chi connectivity index (χ2v) is 6.25. The smallest absolute Gasteiger partial charge is 0.309 e. The van der Waals surface area contributed by atoms with E-state index in [2.05, 4.69) is 20.5 Å². The number of carbonyl (C=O) groups excluding carboxylic acids is 4. The van der Waals surface area contributed by atoms with Crippen molar-refractivity contribution in [3.63, 3.8) is 0 Å². The Morgan fingerprint density at radius 3 is 2.79 bits per heavy atom. The Hall–Kier alpha value is -2.04. The first-order valence-corrected chi connectivity index (χ1v) is 7.73. The minimum atomic E-state index is -1.15. The predicted octanol–water partition coefficient (Wildman–Crippen LogP) is -1.55. The fourth-order valence-electron chi connectivity index (χ4n) is 2.07. The summed E-state index contributed by atoms with van der Waals surface area (Å²) in [6, 6.07) is -0.964. The molecule has 1 aliphatic rings. The summed E-state index contributed by atoms with van der Waals surface area (Å²) in [5, 5.41) is 4.90. The number of likely N-dealkylation sites (N-methyl/N-ethyl adjacent to an activating group) is 1. The van der Waals surface area contributed by atoms with Crippen molar-refractivity contribution < 1.29 is 19.2 Å². The Balaban J connectivity index is 0.00000288. The molecule has 1 aliphatic heterocycles. The maximum atomic E-state index is 12.2. The van der Waals surface area contributed by atoms with Gasteiger partial charge in [0.2, 0.25) is 0 Å². The number of amides is 3. The number of nitrogens with one attached hydrogen (secondary N) is 2. The van der Waals surface area contributed by atoms with E-state index in [1.54, 1.807) is 0 Å². The number of nitrogens with two attached hydrogens (primary N) is 1. The van der Waals surface area contributed by atoms with Crippen LogP contribution in [0, 0.1) is 0 Å². The van der Waals surface area contributed by atoms with Crippen molar-refractivity contribution in [2.75, 3.05) is 20.1 Å². The summed E-state index contributed by atoms with van der Waals surface area (Å²) >= 11 is 1.29. The molecule has 0 spiro atoms. The van der Waals surface area contributed by atoms with Crippen LogP contribution in [0.4, 0.5) is 0 Å². The van der Waals surface area contributed by atoms with E-state index in [1.165, 1.54) is 11.3 Å². The first-order chi connectivity index (χ1) is 10.9. The molecule has 132 valence electrons. The van der Waals surface area contributed by atoms with Gasteiger partial charge in [0.25, 0.3) is 5.91 Å². The second kappa shape index (κ2) is 8.71. The van der Waals surface area contributed by atoms with Crippen LogP contribution in [0.1, 0.15) is 20.4 Å². The summed E-state index contributed by atoms with van der Waals surface area (Å²) in [4.78, 5) is 52.3. The second-order valence-electron chi connectivity index (χ2n) is 5.17. The maximum Gasteiger partial charge on any atom is 0.309 e. The van der Waals surface area contributed by atoms with Crippen molar-refractivity contribution in [2.24, 2.45) is 5.73 Å². The summed E-state index contributed by atoms with van der Waals surface area (Å²) in [7, 11) is 1.99. The summed E-state index contributed by atoms with van der Waals surface area (Å²) in [5.74, 6) is -2.66. The standard InChI is InChI=1S/C13H17N5O4S.ClH/c1-18-3-2-8-9(5-18)23-13(17-8)12(22)16-7(6-19)4-15-11(21)10(14)20;/h6-7H,2-5H2,1H3,(H2,14,20)(H,15,21)(H,16,22);1H. The third-order valence-electron chi connectivity index (χ3n) is 3.30. The van der Waals surface area contributed by atoms with Crippen LogP contribution in [0.15, 0.2) is 0 Å². The Morgan fingerprint density at radius 1 is 1.46 bits per heavy atom. The number of nitrogens with zero attached hydrogens (tertiary/aromatic N) is 2. The van der Waals surface area contributed by atoms with Gasteiger partial charge in [-0.05, 0) is 7.05 Å². The number of thiazole rings is 1. The van der Waals surface area contributed by atoms with E-state index >= 15 is 0 Å². The average Bonchev–Trinajstić information content (AvgIpc) is 2.93. The van der Waals surface area contributed by atoms with Gasteiger partial charge in [-0.15, -0.1) is 23.7 Å². The van der Waals surface area contributed by atoms with Crippen molar-refractivity contribution >= 4 is 47.8 Å². The van der Waals surface area contributed by atoms with Gasteiger partial charge in [-0.2, -0.15) is 0 Å². The minimum absolute atomic E-state index is 0. The maximum absolute atomic E-state index is 12.2. The number of halogens is 1. The molecule has 3 amide bonds. The van der Waals surface area contributed by atoms with Crippen LogP contribution in [0.5, 0.6) is 0 Å². The summed E-state index contributed by atoms with van der Waals surface area (Å²) in [6.07, 6.45) is 1.25. The van der Waals surface area contributed by atoms with Crippen LogP contribution in [0.3, 0.4) is 0 Å². The van der Waals surface area contributed by atoms with Crippen molar-refractivity contribution in [2.45, 2.75) is 19.0 Å². The molecule has 0 aliphatic carbocycles. The number of rotatable bonds is 5. The average molecular weight is 376 g/mol. The van der Waals surface area contributed by atoms with Gasteiger partial charge >= 0.3 is 11.8 Å². The Bertz CT molecular complexity index is 650. The van der Waals surface area contributed by atoms with Gasteiger partial charge in [-0.25, -0.2) is 4.98 Å². The lowest BCUT2D eigenvalue weighted by Gasteiger charge is -2.20. The molecule has 0 radical (unpaired) electrons. The lowest BCUT2D eigenvalue weighted by Crippen LogP contribution is -2.47. The number of aldehydes is 1. The van der Waals surface area contributed by atoms with Crippen molar-refractivity contribution in [1.82, 2.24) is 20.5 Å². The highest BCUT2D eigenvalue weighted by atomic mass is 35.5. The highest BCUT2D eigenvalue weighted by Gasteiger charge is 2.23. The van der Waals surface area contributed by atoms with Gasteiger partial charge in [-0.1, -0.05) is 0 Å². The summed E-state index contributed by atoms with van der Waals surface area (Å²) < 4.78 is 0. The topological polar surface area (TPSA) is 134 Å². The van der Waals surface area contributed by atoms with Crippen LogP contribution in [-0.4, -0.2) is 60.1 Å². The normalized spacial score (nSPS) is 14.7. The van der Waals surface area contributed by atoms with Gasteiger partial charge in [0.05, 0.1) is 5.69 Å². The number of carbonyl (C=O) groups is 4. The van der Waals surface area contributed by atoms with Gasteiger partial charge in [0, 0.05) is 30.9 Å². The molecule has 1 atom stereocenters. The number of hydrogen-bond donors (Lipinski definition) is 3. The molecule has 0 fully saturated rings. The van der Waals surface area contributed by atoms with E-state index in [4.69, 9.17) is 5.73 Å². The van der Waals surface area contributed by atoms with Crippen LogP contribution < -0.4 is 16.4 Å². The molecule has 1 aromatic heterocycles. The first-order valence-electron chi connectivity index (χ1n) is 6.91. The Kier molecular flexibility index (Phi) is 7.26. The van der Waals surface area contributed by atoms with Gasteiger partial charge in [-0.3, -0.25) is 14.4 Å². The van der Waals surface area contributed by atoms with Crippen LogP contribution in [-0.2, 0) is 27.3 Å². The zero-order valence-corrected chi connectivity index (χ0v) is 14.5. The van der Waals surface area contributed by atoms with E-state index in [0.717, 1.165) is 30.1 Å². The zero-order valence-electron chi connectivity index (χ0n) is 12.9. The highest BCUT2D eigenvalue weighted by Crippen LogP contribution is 2.24. The van der Waals surface area contributed by atoms with E-state index in [9.17, 15) is 19.2 Å². The molecule has 0 aromatic carbocycles. The van der Waals surface area contributed by atoms with E-state index in [0.29, 0.717) is 6.29 Å². The third kappa shape index (κ3) is 4.98. The molecule has 2 rings (SSSR count). The first kappa shape index (κ1) is 20.0. The molecule has 0 bridgehead atoms.